The van der Waals surface area contributed by atoms with Crippen LogP contribution in [0.2, 0.25) is 0 Å². The van der Waals surface area contributed by atoms with Gasteiger partial charge in [0.25, 0.3) is 0 Å². The SMILES string of the molecule is CC(Sc1ccccn1)c1nc(-c2cccs2)no1. The van der Waals surface area contributed by atoms with Gasteiger partial charge in [-0.2, -0.15) is 4.98 Å². The van der Waals surface area contributed by atoms with E-state index in [1.807, 2.05) is 42.6 Å². The van der Waals surface area contributed by atoms with Crippen molar-refractivity contribution in [2.45, 2.75) is 17.2 Å². The van der Waals surface area contributed by atoms with Gasteiger partial charge in [0.15, 0.2) is 0 Å². The zero-order chi connectivity index (χ0) is 13.1. The standard InChI is InChI=1S/C13H11N3OS2/c1-9(19-11-6-2-3-7-14-11)13-15-12(16-17-13)10-5-4-8-18-10/h2-9H,1H3. The summed E-state index contributed by atoms with van der Waals surface area (Å²) in [5.74, 6) is 1.28. The lowest BCUT2D eigenvalue weighted by Crippen LogP contribution is -1.89. The summed E-state index contributed by atoms with van der Waals surface area (Å²) in [6, 6.07) is 9.79. The fourth-order valence-electron chi connectivity index (χ4n) is 1.55. The summed E-state index contributed by atoms with van der Waals surface area (Å²) in [6.45, 7) is 2.03. The monoisotopic (exact) mass is 289 g/mol. The largest absolute Gasteiger partial charge is 0.338 e. The van der Waals surface area contributed by atoms with Crippen LogP contribution >= 0.6 is 23.1 Å². The predicted molar refractivity (Wildman–Crippen MR) is 76.1 cm³/mol. The molecule has 3 rings (SSSR count). The minimum absolute atomic E-state index is 0.0797. The van der Waals surface area contributed by atoms with E-state index in [4.69, 9.17) is 4.52 Å². The van der Waals surface area contributed by atoms with Crippen LogP contribution in [0.25, 0.3) is 10.7 Å². The molecule has 1 atom stereocenters. The average molecular weight is 289 g/mol. The molecule has 0 aliphatic rings. The Morgan fingerprint density at radius 3 is 2.95 bits per heavy atom. The van der Waals surface area contributed by atoms with E-state index in [1.165, 1.54) is 0 Å². The normalized spacial score (nSPS) is 12.5. The van der Waals surface area contributed by atoms with Gasteiger partial charge in [0.2, 0.25) is 11.7 Å². The van der Waals surface area contributed by atoms with Crippen molar-refractivity contribution < 1.29 is 4.52 Å². The summed E-state index contributed by atoms with van der Waals surface area (Å²) in [6.07, 6.45) is 1.78. The van der Waals surface area contributed by atoms with Crippen molar-refractivity contribution >= 4 is 23.1 Å². The molecule has 3 aromatic heterocycles. The van der Waals surface area contributed by atoms with E-state index in [0.29, 0.717) is 11.7 Å². The number of aromatic nitrogens is 3. The highest BCUT2D eigenvalue weighted by Crippen LogP contribution is 2.33. The lowest BCUT2D eigenvalue weighted by Gasteiger charge is -2.04. The van der Waals surface area contributed by atoms with E-state index in [-0.39, 0.29) is 5.25 Å². The summed E-state index contributed by atoms with van der Waals surface area (Å²) in [5, 5.41) is 7.04. The number of thioether (sulfide) groups is 1. The Morgan fingerprint density at radius 2 is 2.21 bits per heavy atom. The lowest BCUT2D eigenvalue weighted by molar-refractivity contribution is 0.381. The second kappa shape index (κ2) is 5.54. The molecular weight excluding hydrogens is 278 g/mol. The second-order valence-corrected chi connectivity index (χ2v) is 6.17. The van der Waals surface area contributed by atoms with Gasteiger partial charge in [-0.1, -0.05) is 29.1 Å². The molecule has 3 heterocycles. The molecule has 0 saturated heterocycles. The molecule has 0 spiro atoms. The molecule has 19 heavy (non-hydrogen) atoms. The molecule has 0 aromatic carbocycles. The summed E-state index contributed by atoms with van der Waals surface area (Å²) in [7, 11) is 0. The van der Waals surface area contributed by atoms with E-state index in [9.17, 15) is 0 Å². The number of hydrogen-bond donors (Lipinski definition) is 0. The molecule has 3 aromatic rings. The third-order valence-electron chi connectivity index (χ3n) is 2.47. The van der Waals surface area contributed by atoms with Gasteiger partial charge in [0, 0.05) is 6.20 Å². The average Bonchev–Trinajstić information content (AvgIpc) is 3.11. The Kier molecular flexibility index (Phi) is 3.61. The first-order valence-corrected chi connectivity index (χ1v) is 7.54. The summed E-state index contributed by atoms with van der Waals surface area (Å²) in [4.78, 5) is 9.73. The van der Waals surface area contributed by atoms with E-state index in [2.05, 4.69) is 15.1 Å². The van der Waals surface area contributed by atoms with E-state index < -0.39 is 0 Å². The zero-order valence-electron chi connectivity index (χ0n) is 10.2. The van der Waals surface area contributed by atoms with Gasteiger partial charge in [0.05, 0.1) is 15.2 Å². The molecule has 1 unspecified atom stereocenters. The van der Waals surface area contributed by atoms with Crippen molar-refractivity contribution in [3.05, 3.63) is 47.8 Å². The molecule has 0 amide bonds. The van der Waals surface area contributed by atoms with Crippen LogP contribution in [-0.4, -0.2) is 15.1 Å². The van der Waals surface area contributed by atoms with Crippen LogP contribution in [-0.2, 0) is 0 Å². The van der Waals surface area contributed by atoms with Crippen LogP contribution < -0.4 is 0 Å². The Balaban J connectivity index is 1.76. The molecule has 0 bridgehead atoms. The quantitative estimate of drug-likeness (QED) is 0.678. The Morgan fingerprint density at radius 1 is 1.26 bits per heavy atom. The van der Waals surface area contributed by atoms with Crippen molar-refractivity contribution in [2.75, 3.05) is 0 Å². The predicted octanol–water partition coefficient (Wildman–Crippen LogP) is 4.05. The van der Waals surface area contributed by atoms with Crippen molar-refractivity contribution in [2.24, 2.45) is 0 Å². The minimum Gasteiger partial charge on any atom is -0.338 e. The second-order valence-electron chi connectivity index (χ2n) is 3.86. The molecule has 4 nitrogen and oxygen atoms in total. The maximum atomic E-state index is 5.32. The van der Waals surface area contributed by atoms with E-state index >= 15 is 0 Å². The molecule has 0 N–H and O–H groups in total. The van der Waals surface area contributed by atoms with Crippen LogP contribution in [0, 0.1) is 0 Å². The number of rotatable bonds is 4. The van der Waals surface area contributed by atoms with E-state index in [0.717, 1.165) is 9.90 Å². The van der Waals surface area contributed by atoms with Crippen LogP contribution in [0.15, 0.2) is 51.5 Å². The van der Waals surface area contributed by atoms with E-state index in [1.54, 1.807) is 29.3 Å². The molecule has 0 aliphatic heterocycles. The topological polar surface area (TPSA) is 51.8 Å². The van der Waals surface area contributed by atoms with Crippen LogP contribution in [0.3, 0.4) is 0 Å². The lowest BCUT2D eigenvalue weighted by atomic mass is 10.4. The van der Waals surface area contributed by atoms with Gasteiger partial charge in [-0.25, -0.2) is 4.98 Å². The fourth-order valence-corrected chi connectivity index (χ4v) is 3.04. The molecule has 96 valence electrons. The first kappa shape index (κ1) is 12.4. The maximum Gasteiger partial charge on any atom is 0.240 e. The van der Waals surface area contributed by atoms with Crippen molar-refractivity contribution in [1.29, 1.82) is 0 Å². The molecule has 0 aliphatic carbocycles. The number of pyridine rings is 1. The van der Waals surface area contributed by atoms with Gasteiger partial charge < -0.3 is 4.52 Å². The fraction of sp³-hybridized carbons (Fsp3) is 0.154. The summed E-state index contributed by atoms with van der Waals surface area (Å²) in [5.41, 5.74) is 0. The van der Waals surface area contributed by atoms with Crippen molar-refractivity contribution in [1.82, 2.24) is 15.1 Å². The Bertz CT molecular complexity index is 637. The first-order valence-electron chi connectivity index (χ1n) is 5.78. The van der Waals surface area contributed by atoms with Gasteiger partial charge >= 0.3 is 0 Å². The molecule has 0 radical (unpaired) electrons. The number of nitrogens with zero attached hydrogens (tertiary/aromatic N) is 3. The Labute approximate surface area is 118 Å². The van der Waals surface area contributed by atoms with Crippen LogP contribution in [0.5, 0.6) is 0 Å². The summed E-state index contributed by atoms with van der Waals surface area (Å²) < 4.78 is 5.32. The van der Waals surface area contributed by atoms with Crippen molar-refractivity contribution in [3.8, 4) is 10.7 Å². The summed E-state index contributed by atoms with van der Waals surface area (Å²) >= 11 is 3.20. The third-order valence-corrected chi connectivity index (χ3v) is 4.37. The highest BCUT2D eigenvalue weighted by molar-refractivity contribution is 7.99. The maximum absolute atomic E-state index is 5.32. The van der Waals surface area contributed by atoms with Crippen LogP contribution in [0.1, 0.15) is 18.1 Å². The van der Waals surface area contributed by atoms with Gasteiger partial charge in [-0.15, -0.1) is 11.3 Å². The first-order chi connectivity index (χ1) is 9.33. The van der Waals surface area contributed by atoms with Gasteiger partial charge in [-0.3, -0.25) is 0 Å². The molecule has 0 saturated carbocycles. The van der Waals surface area contributed by atoms with Crippen molar-refractivity contribution in [3.63, 3.8) is 0 Å². The number of thiophene rings is 1. The molecule has 0 fully saturated rings. The highest BCUT2D eigenvalue weighted by Gasteiger charge is 2.17. The number of hydrogen-bond acceptors (Lipinski definition) is 6. The highest BCUT2D eigenvalue weighted by atomic mass is 32.2. The minimum atomic E-state index is 0.0797. The van der Waals surface area contributed by atoms with Gasteiger partial charge in [-0.05, 0) is 30.5 Å². The molecule has 6 heteroatoms. The zero-order valence-corrected chi connectivity index (χ0v) is 11.8. The van der Waals surface area contributed by atoms with Crippen LogP contribution in [0.4, 0.5) is 0 Å². The van der Waals surface area contributed by atoms with Gasteiger partial charge in [0.1, 0.15) is 0 Å². The third kappa shape index (κ3) is 2.85. The molecular formula is C13H11N3OS2. The Hall–Kier alpha value is -1.66. The smallest absolute Gasteiger partial charge is 0.240 e.